The number of rotatable bonds is 5. The highest BCUT2D eigenvalue weighted by Gasteiger charge is 2.31. The van der Waals surface area contributed by atoms with E-state index in [9.17, 15) is 9.59 Å². The van der Waals surface area contributed by atoms with Crippen LogP contribution in [0.15, 0.2) is 84.6 Å². The molecule has 7 nitrogen and oxygen atoms in total. The molecule has 3 aromatic carbocycles. The van der Waals surface area contributed by atoms with Crippen LogP contribution in [0.1, 0.15) is 11.1 Å². The molecule has 4 rings (SSSR count). The molecule has 0 saturated heterocycles. The van der Waals surface area contributed by atoms with Crippen molar-refractivity contribution in [3.63, 3.8) is 0 Å². The van der Waals surface area contributed by atoms with Crippen molar-refractivity contribution in [3.8, 4) is 17.6 Å². The lowest BCUT2D eigenvalue weighted by Crippen LogP contribution is -2.24. The minimum absolute atomic E-state index is 0.199. The number of amides is 2. The summed E-state index contributed by atoms with van der Waals surface area (Å²) in [5.41, 5.74) is 2.22. The van der Waals surface area contributed by atoms with Crippen molar-refractivity contribution in [1.29, 1.82) is 5.26 Å². The molecule has 1 heterocycles. The molecular weight excluding hydrogens is 394 g/mol. The van der Waals surface area contributed by atoms with Gasteiger partial charge in [-0.05, 0) is 42.0 Å². The van der Waals surface area contributed by atoms with Crippen molar-refractivity contribution in [2.75, 3.05) is 12.4 Å². The van der Waals surface area contributed by atoms with Gasteiger partial charge in [-0.25, -0.2) is 0 Å². The van der Waals surface area contributed by atoms with Crippen LogP contribution in [0, 0.1) is 11.3 Å². The average molecular weight is 413 g/mol. The second kappa shape index (κ2) is 9.87. The van der Waals surface area contributed by atoms with Gasteiger partial charge < -0.3 is 15.2 Å². The quantitative estimate of drug-likeness (QED) is 0.553. The van der Waals surface area contributed by atoms with E-state index in [4.69, 9.17) is 15.1 Å². The van der Waals surface area contributed by atoms with Crippen molar-refractivity contribution in [1.82, 2.24) is 5.32 Å². The van der Waals surface area contributed by atoms with Crippen LogP contribution in [-0.4, -0.2) is 24.0 Å². The molecule has 7 heteroatoms. The number of carbonyl (C=O) groups excluding carboxylic acids is 2. The van der Waals surface area contributed by atoms with Crippen LogP contribution >= 0.6 is 0 Å². The van der Waals surface area contributed by atoms with Crippen molar-refractivity contribution < 1.29 is 19.4 Å². The van der Waals surface area contributed by atoms with Gasteiger partial charge in [0.1, 0.15) is 23.3 Å². The molecular formula is C24H19N3O4. The molecule has 0 aromatic heterocycles. The number of imide groups is 1. The molecule has 0 spiro atoms. The van der Waals surface area contributed by atoms with Crippen LogP contribution in [0.25, 0.3) is 5.57 Å². The summed E-state index contributed by atoms with van der Waals surface area (Å²) in [6.07, 6.45) is 0. The van der Waals surface area contributed by atoms with Crippen molar-refractivity contribution in [3.05, 3.63) is 95.7 Å². The Bertz CT molecular complexity index is 1160. The van der Waals surface area contributed by atoms with E-state index in [2.05, 4.69) is 16.7 Å². The summed E-state index contributed by atoms with van der Waals surface area (Å²) in [6, 6.07) is 24.9. The summed E-state index contributed by atoms with van der Waals surface area (Å²) < 4.78 is 5.76. The minimum Gasteiger partial charge on any atom is -0.456 e. The normalized spacial score (nSPS) is 12.4. The zero-order chi connectivity index (χ0) is 22.2. The van der Waals surface area contributed by atoms with Crippen molar-refractivity contribution >= 4 is 23.1 Å². The van der Waals surface area contributed by atoms with Crippen LogP contribution < -0.4 is 15.4 Å². The number of nitrogens with one attached hydrogen (secondary N) is 2. The van der Waals surface area contributed by atoms with E-state index in [1.165, 1.54) is 0 Å². The van der Waals surface area contributed by atoms with Gasteiger partial charge in [-0.15, -0.1) is 0 Å². The Labute approximate surface area is 179 Å². The number of hydrogen-bond acceptors (Lipinski definition) is 6. The topological polar surface area (TPSA) is 111 Å². The van der Waals surface area contributed by atoms with E-state index in [1.54, 1.807) is 72.8 Å². The number of hydrogen-bond donors (Lipinski definition) is 3. The van der Waals surface area contributed by atoms with Gasteiger partial charge in [0.2, 0.25) is 0 Å². The third kappa shape index (κ3) is 4.78. The van der Waals surface area contributed by atoms with Crippen LogP contribution in [-0.2, 0) is 9.59 Å². The molecule has 0 radical (unpaired) electrons. The van der Waals surface area contributed by atoms with Crippen LogP contribution in [0.2, 0.25) is 0 Å². The van der Waals surface area contributed by atoms with Crippen LogP contribution in [0.5, 0.6) is 11.5 Å². The predicted molar refractivity (Wildman–Crippen MR) is 116 cm³/mol. The number of ether oxygens (including phenoxy) is 1. The molecule has 2 amide bonds. The molecule has 0 bridgehead atoms. The lowest BCUT2D eigenvalue weighted by molar-refractivity contribution is -0.123. The molecule has 3 aromatic rings. The Hall–Kier alpha value is -4.41. The first-order valence-electron chi connectivity index (χ1n) is 9.30. The fraction of sp³-hybridized carbons (Fsp3) is 0.0417. The summed E-state index contributed by atoms with van der Waals surface area (Å²) in [5, 5.41) is 21.5. The predicted octanol–water partition coefficient (Wildman–Crippen LogP) is 3.44. The summed E-state index contributed by atoms with van der Waals surface area (Å²) >= 11 is 0. The molecule has 1 aliphatic rings. The number of nitriles is 1. The van der Waals surface area contributed by atoms with E-state index in [0.717, 1.165) is 7.11 Å². The minimum atomic E-state index is -0.475. The molecule has 3 N–H and O–H groups in total. The van der Waals surface area contributed by atoms with Crippen LogP contribution in [0.3, 0.4) is 0 Å². The third-order valence-corrected chi connectivity index (χ3v) is 4.35. The summed E-state index contributed by atoms with van der Waals surface area (Å²) in [7, 11) is 1.00. The standard InChI is InChI=1S/C23H15N3O3.CH4O/c24-14-16-8-4-5-9-19(16)29-18-12-10-17(11-13-18)25-21-20(22(27)26-23(21)28)15-6-2-1-3-7-15;1-2/h1-13H,(H2,25,26,27,28);2H,1H3. The summed E-state index contributed by atoms with van der Waals surface area (Å²) in [5.74, 6) is 0.0990. The molecule has 0 atom stereocenters. The van der Waals surface area contributed by atoms with E-state index >= 15 is 0 Å². The molecule has 0 saturated carbocycles. The summed E-state index contributed by atoms with van der Waals surface area (Å²) in [4.78, 5) is 24.5. The smallest absolute Gasteiger partial charge is 0.275 e. The Morgan fingerprint density at radius 2 is 1.52 bits per heavy atom. The summed E-state index contributed by atoms with van der Waals surface area (Å²) in [6.45, 7) is 0. The van der Waals surface area contributed by atoms with Gasteiger partial charge in [-0.3, -0.25) is 14.9 Å². The molecule has 154 valence electrons. The Kier molecular flexibility index (Phi) is 6.78. The second-order valence-electron chi connectivity index (χ2n) is 6.26. The van der Waals surface area contributed by atoms with Gasteiger partial charge in [0, 0.05) is 12.8 Å². The average Bonchev–Trinajstić information content (AvgIpc) is 3.10. The van der Waals surface area contributed by atoms with E-state index in [1.807, 2.05) is 6.07 Å². The second-order valence-corrected chi connectivity index (χ2v) is 6.26. The van der Waals surface area contributed by atoms with E-state index < -0.39 is 11.8 Å². The zero-order valence-corrected chi connectivity index (χ0v) is 16.6. The lowest BCUT2D eigenvalue weighted by Gasteiger charge is -2.10. The number of para-hydroxylation sites is 1. The van der Waals surface area contributed by atoms with Crippen molar-refractivity contribution in [2.24, 2.45) is 0 Å². The number of benzene rings is 3. The fourth-order valence-electron chi connectivity index (χ4n) is 2.98. The highest BCUT2D eigenvalue weighted by atomic mass is 16.5. The van der Waals surface area contributed by atoms with E-state index in [-0.39, 0.29) is 5.70 Å². The van der Waals surface area contributed by atoms with E-state index in [0.29, 0.717) is 33.9 Å². The first-order chi connectivity index (χ1) is 15.2. The maximum absolute atomic E-state index is 12.2. The lowest BCUT2D eigenvalue weighted by atomic mass is 10.0. The highest BCUT2D eigenvalue weighted by molar-refractivity contribution is 6.36. The SMILES string of the molecule is CO.N#Cc1ccccc1Oc1ccc(NC2=C(c3ccccc3)C(=O)NC2=O)cc1. The molecule has 0 unspecified atom stereocenters. The van der Waals surface area contributed by atoms with Gasteiger partial charge in [0.05, 0.1) is 11.1 Å². The van der Waals surface area contributed by atoms with Gasteiger partial charge >= 0.3 is 0 Å². The Morgan fingerprint density at radius 3 is 2.19 bits per heavy atom. The monoisotopic (exact) mass is 413 g/mol. The maximum atomic E-state index is 12.2. The number of carbonyl (C=O) groups is 2. The molecule has 0 fully saturated rings. The number of aliphatic hydroxyl groups is 1. The first kappa shape index (κ1) is 21.3. The Balaban J connectivity index is 0.00000132. The van der Waals surface area contributed by atoms with Gasteiger partial charge in [0.15, 0.2) is 0 Å². The van der Waals surface area contributed by atoms with Gasteiger partial charge in [0.25, 0.3) is 11.8 Å². The first-order valence-corrected chi connectivity index (χ1v) is 9.30. The zero-order valence-electron chi connectivity index (χ0n) is 16.6. The van der Waals surface area contributed by atoms with Gasteiger partial charge in [-0.1, -0.05) is 42.5 Å². The van der Waals surface area contributed by atoms with Crippen molar-refractivity contribution in [2.45, 2.75) is 0 Å². The largest absolute Gasteiger partial charge is 0.456 e. The van der Waals surface area contributed by atoms with Gasteiger partial charge in [-0.2, -0.15) is 5.26 Å². The number of aliphatic hydroxyl groups excluding tert-OH is 1. The third-order valence-electron chi connectivity index (χ3n) is 4.35. The number of nitrogens with zero attached hydrogens (tertiary/aromatic N) is 1. The van der Waals surface area contributed by atoms with Crippen LogP contribution in [0.4, 0.5) is 5.69 Å². The maximum Gasteiger partial charge on any atom is 0.275 e. The number of anilines is 1. The highest BCUT2D eigenvalue weighted by Crippen LogP contribution is 2.28. The Morgan fingerprint density at radius 1 is 0.871 bits per heavy atom. The molecule has 1 aliphatic heterocycles. The fourth-order valence-corrected chi connectivity index (χ4v) is 2.98. The molecule has 0 aliphatic carbocycles. The molecule has 31 heavy (non-hydrogen) atoms.